The number of rotatable bonds is 3. The van der Waals surface area contributed by atoms with E-state index in [1.54, 1.807) is 5.51 Å². The highest BCUT2D eigenvalue weighted by Crippen LogP contribution is 2.32. The Labute approximate surface area is 144 Å². The minimum Gasteiger partial charge on any atom is -0.454 e. The number of piperazine rings is 1. The molecule has 3 heterocycles. The number of carbonyl (C=O) groups excluding carboxylic acids is 1. The van der Waals surface area contributed by atoms with Crippen LogP contribution in [0.25, 0.3) is 0 Å². The number of aromatic nitrogens is 1. The maximum Gasteiger partial charge on any atom is 0.265 e. The van der Waals surface area contributed by atoms with Crippen LogP contribution in [-0.2, 0) is 6.54 Å². The summed E-state index contributed by atoms with van der Waals surface area (Å²) in [5, 5.41) is 0. The molecule has 2 aliphatic heterocycles. The first-order valence-electron chi connectivity index (χ1n) is 8.01. The molecule has 7 heteroatoms. The molecule has 0 atom stereocenters. The summed E-state index contributed by atoms with van der Waals surface area (Å²) < 4.78 is 10.8. The average Bonchev–Trinajstić information content (AvgIpc) is 3.23. The molecule has 0 radical (unpaired) electrons. The minimum absolute atomic E-state index is 0.109. The molecule has 6 nitrogen and oxygen atoms in total. The van der Waals surface area contributed by atoms with Crippen molar-refractivity contribution in [1.29, 1.82) is 0 Å². The summed E-state index contributed by atoms with van der Waals surface area (Å²) in [4.78, 5) is 21.7. The molecule has 4 rings (SSSR count). The molecular formula is C17H19N3O3S. The summed E-state index contributed by atoms with van der Waals surface area (Å²) in [6.07, 6.45) is 0. The fourth-order valence-electron chi connectivity index (χ4n) is 3.06. The predicted octanol–water partition coefficient (Wildman–Crippen LogP) is 2.14. The van der Waals surface area contributed by atoms with E-state index in [-0.39, 0.29) is 5.91 Å². The second-order valence-electron chi connectivity index (χ2n) is 6.02. The van der Waals surface area contributed by atoms with Gasteiger partial charge in [-0.2, -0.15) is 0 Å². The van der Waals surface area contributed by atoms with Gasteiger partial charge < -0.3 is 14.4 Å². The first-order chi connectivity index (χ1) is 11.7. The summed E-state index contributed by atoms with van der Waals surface area (Å²) in [5.41, 5.74) is 3.77. The van der Waals surface area contributed by atoms with E-state index >= 15 is 0 Å². The molecule has 0 unspecified atom stereocenters. The third kappa shape index (κ3) is 2.97. The maximum atomic E-state index is 12.5. The monoisotopic (exact) mass is 345 g/mol. The number of amides is 1. The van der Waals surface area contributed by atoms with E-state index in [1.165, 1.54) is 16.9 Å². The van der Waals surface area contributed by atoms with Crippen LogP contribution in [-0.4, -0.2) is 53.7 Å². The van der Waals surface area contributed by atoms with Crippen molar-refractivity contribution in [2.45, 2.75) is 13.5 Å². The SMILES string of the molecule is Cc1ncsc1C(=O)N1CCN(Cc2ccc3c(c2)OCO3)CC1. The highest BCUT2D eigenvalue weighted by Gasteiger charge is 2.24. The highest BCUT2D eigenvalue weighted by molar-refractivity contribution is 7.11. The van der Waals surface area contributed by atoms with Gasteiger partial charge in [0.1, 0.15) is 4.88 Å². The normalized spacial score (nSPS) is 17.3. The summed E-state index contributed by atoms with van der Waals surface area (Å²) in [6.45, 7) is 6.30. The van der Waals surface area contributed by atoms with Gasteiger partial charge in [0.2, 0.25) is 6.79 Å². The van der Waals surface area contributed by atoms with Crippen molar-refractivity contribution in [3.05, 3.63) is 39.8 Å². The lowest BCUT2D eigenvalue weighted by molar-refractivity contribution is 0.0632. The zero-order valence-corrected chi connectivity index (χ0v) is 14.3. The molecule has 1 aromatic heterocycles. The molecule has 1 amide bonds. The fraction of sp³-hybridized carbons (Fsp3) is 0.412. The van der Waals surface area contributed by atoms with Gasteiger partial charge in [0.05, 0.1) is 11.2 Å². The van der Waals surface area contributed by atoms with Crippen LogP contribution in [0.15, 0.2) is 23.7 Å². The number of thiazole rings is 1. The highest BCUT2D eigenvalue weighted by atomic mass is 32.1. The number of nitrogens with zero attached hydrogens (tertiary/aromatic N) is 3. The Bertz CT molecular complexity index is 753. The lowest BCUT2D eigenvalue weighted by Gasteiger charge is -2.34. The van der Waals surface area contributed by atoms with Crippen LogP contribution in [0.4, 0.5) is 0 Å². The van der Waals surface area contributed by atoms with Crippen LogP contribution in [0, 0.1) is 6.92 Å². The van der Waals surface area contributed by atoms with Crippen molar-refractivity contribution >= 4 is 17.2 Å². The van der Waals surface area contributed by atoms with Crippen LogP contribution in [0.1, 0.15) is 20.9 Å². The van der Waals surface area contributed by atoms with Crippen LogP contribution in [0.5, 0.6) is 11.5 Å². The third-order valence-electron chi connectivity index (χ3n) is 4.44. The number of aryl methyl sites for hydroxylation is 1. The zero-order valence-electron chi connectivity index (χ0n) is 13.5. The van der Waals surface area contributed by atoms with Gasteiger partial charge >= 0.3 is 0 Å². The molecule has 1 aromatic carbocycles. The largest absolute Gasteiger partial charge is 0.454 e. The van der Waals surface area contributed by atoms with Gasteiger partial charge in [0.15, 0.2) is 11.5 Å². The van der Waals surface area contributed by atoms with Gasteiger partial charge in [-0.25, -0.2) is 4.98 Å². The minimum atomic E-state index is 0.109. The lowest BCUT2D eigenvalue weighted by Crippen LogP contribution is -2.48. The van der Waals surface area contributed by atoms with Gasteiger partial charge in [-0.15, -0.1) is 11.3 Å². The van der Waals surface area contributed by atoms with Crippen LogP contribution < -0.4 is 9.47 Å². The van der Waals surface area contributed by atoms with Gasteiger partial charge in [-0.05, 0) is 24.6 Å². The van der Waals surface area contributed by atoms with Gasteiger partial charge in [0.25, 0.3) is 5.91 Å². The van der Waals surface area contributed by atoms with Gasteiger partial charge in [-0.3, -0.25) is 9.69 Å². The topological polar surface area (TPSA) is 54.9 Å². The Balaban J connectivity index is 1.35. The van der Waals surface area contributed by atoms with Crippen molar-refractivity contribution in [2.24, 2.45) is 0 Å². The molecule has 1 saturated heterocycles. The zero-order chi connectivity index (χ0) is 16.5. The molecule has 2 aromatic rings. The van der Waals surface area contributed by atoms with Crippen LogP contribution >= 0.6 is 11.3 Å². The number of ether oxygens (including phenoxy) is 2. The quantitative estimate of drug-likeness (QED) is 0.853. The second-order valence-corrected chi connectivity index (χ2v) is 6.88. The van der Waals surface area contributed by atoms with E-state index in [1.807, 2.05) is 24.0 Å². The third-order valence-corrected chi connectivity index (χ3v) is 5.36. The molecule has 126 valence electrons. The summed E-state index contributed by atoms with van der Waals surface area (Å²) in [5.74, 6) is 1.74. The predicted molar refractivity (Wildman–Crippen MR) is 90.6 cm³/mol. The van der Waals surface area contributed by atoms with Crippen molar-refractivity contribution in [3.8, 4) is 11.5 Å². The Morgan fingerprint density at radius 2 is 2.00 bits per heavy atom. The molecule has 0 saturated carbocycles. The van der Waals surface area contributed by atoms with E-state index in [0.717, 1.165) is 54.8 Å². The molecule has 0 aliphatic carbocycles. The molecule has 0 bridgehead atoms. The number of benzene rings is 1. The van der Waals surface area contributed by atoms with Crippen LogP contribution in [0.2, 0.25) is 0 Å². The van der Waals surface area contributed by atoms with E-state index in [4.69, 9.17) is 9.47 Å². The van der Waals surface area contributed by atoms with E-state index in [9.17, 15) is 4.79 Å². The van der Waals surface area contributed by atoms with Crippen molar-refractivity contribution in [2.75, 3.05) is 33.0 Å². The standard InChI is InChI=1S/C17H19N3O3S/c1-12-16(24-10-18-12)17(21)20-6-4-19(5-7-20)9-13-2-3-14-15(8-13)23-11-22-14/h2-3,8,10H,4-7,9,11H2,1H3. The molecule has 0 spiro atoms. The van der Waals surface area contributed by atoms with Crippen LogP contribution in [0.3, 0.4) is 0 Å². The summed E-state index contributed by atoms with van der Waals surface area (Å²) >= 11 is 1.42. The fourth-order valence-corrected chi connectivity index (χ4v) is 3.83. The maximum absolute atomic E-state index is 12.5. The molecule has 2 aliphatic rings. The Kier molecular flexibility index (Phi) is 4.12. The number of hydrogen-bond donors (Lipinski definition) is 0. The second kappa shape index (κ2) is 6.41. The molecule has 24 heavy (non-hydrogen) atoms. The summed E-state index contributed by atoms with van der Waals surface area (Å²) in [7, 11) is 0. The lowest BCUT2D eigenvalue weighted by atomic mass is 10.1. The van der Waals surface area contributed by atoms with E-state index in [2.05, 4.69) is 16.0 Å². The van der Waals surface area contributed by atoms with Crippen molar-refractivity contribution in [1.82, 2.24) is 14.8 Å². The van der Waals surface area contributed by atoms with Gasteiger partial charge in [0, 0.05) is 32.7 Å². The first-order valence-corrected chi connectivity index (χ1v) is 8.89. The summed E-state index contributed by atoms with van der Waals surface area (Å²) in [6, 6.07) is 6.08. The Hall–Kier alpha value is -2.12. The Morgan fingerprint density at radius 3 is 2.75 bits per heavy atom. The van der Waals surface area contributed by atoms with E-state index < -0.39 is 0 Å². The number of carbonyl (C=O) groups is 1. The number of hydrogen-bond acceptors (Lipinski definition) is 6. The molecular weight excluding hydrogens is 326 g/mol. The average molecular weight is 345 g/mol. The van der Waals surface area contributed by atoms with E-state index in [0.29, 0.717) is 6.79 Å². The molecule has 1 fully saturated rings. The molecule has 0 N–H and O–H groups in total. The van der Waals surface area contributed by atoms with Gasteiger partial charge in [-0.1, -0.05) is 6.07 Å². The first kappa shape index (κ1) is 15.4. The Morgan fingerprint density at radius 1 is 1.21 bits per heavy atom. The smallest absolute Gasteiger partial charge is 0.265 e. The van der Waals surface area contributed by atoms with Crippen molar-refractivity contribution in [3.63, 3.8) is 0 Å². The van der Waals surface area contributed by atoms with Crippen molar-refractivity contribution < 1.29 is 14.3 Å². The number of fused-ring (bicyclic) bond motifs is 1.